The van der Waals surface area contributed by atoms with Crippen LogP contribution in [0.25, 0.3) is 10.2 Å². The zero-order valence-electron chi connectivity index (χ0n) is 17.6. The summed E-state index contributed by atoms with van der Waals surface area (Å²) >= 11 is 1.57. The largest absolute Gasteiger partial charge is 0.465 e. The summed E-state index contributed by atoms with van der Waals surface area (Å²) in [4.78, 5) is 41.9. The number of hydrogen-bond donors (Lipinski definition) is 0. The van der Waals surface area contributed by atoms with E-state index in [9.17, 15) is 14.4 Å². The molecule has 1 aliphatic carbocycles. The lowest BCUT2D eigenvalue weighted by Crippen LogP contribution is -2.28. The van der Waals surface area contributed by atoms with Gasteiger partial charge in [-0.15, -0.1) is 11.3 Å². The number of carbonyl (C=O) groups excluding carboxylic acids is 3. The molecule has 0 radical (unpaired) electrons. The van der Waals surface area contributed by atoms with E-state index in [2.05, 4.69) is 0 Å². The topological polar surface area (TPSA) is 91.8 Å². The molecule has 0 N–H and O–H groups in total. The average molecular weight is 452 g/mol. The van der Waals surface area contributed by atoms with E-state index in [1.54, 1.807) is 11.3 Å². The smallest absolute Gasteiger partial charge is 0.338 e. The number of rotatable bonds is 5. The van der Waals surface area contributed by atoms with Crippen molar-refractivity contribution >= 4 is 39.5 Å². The summed E-state index contributed by atoms with van der Waals surface area (Å²) < 4.78 is 16.2. The standard InChI is InChI=1S/C24H21NO6S/c1-29-22(26)14-11-15(23(27)30-2)13-16(12-14)31-24(28)18-8-4-3-7-17(18)21-25-19-9-5-6-10-20(19)32-21/h3-6,9-13,17-18H,7-8H2,1-2H3. The molecule has 164 valence electrons. The first-order chi connectivity index (χ1) is 15.5. The van der Waals surface area contributed by atoms with Crippen molar-refractivity contribution in [3.05, 3.63) is 70.8 Å². The third kappa shape index (κ3) is 4.40. The normalized spacial score (nSPS) is 17.7. The van der Waals surface area contributed by atoms with Crippen molar-refractivity contribution < 1.29 is 28.6 Å². The van der Waals surface area contributed by atoms with Crippen LogP contribution < -0.4 is 4.74 Å². The maximum atomic E-state index is 13.2. The molecular weight excluding hydrogens is 430 g/mol. The Hall–Kier alpha value is -3.52. The highest BCUT2D eigenvalue weighted by molar-refractivity contribution is 7.18. The van der Waals surface area contributed by atoms with Gasteiger partial charge in [0.05, 0.1) is 46.5 Å². The highest BCUT2D eigenvalue weighted by Crippen LogP contribution is 2.39. The second-order valence-electron chi connectivity index (χ2n) is 7.33. The predicted octanol–water partition coefficient (Wildman–Crippen LogP) is 4.52. The lowest BCUT2D eigenvalue weighted by atomic mass is 9.83. The Morgan fingerprint density at radius 1 is 0.938 bits per heavy atom. The molecule has 0 bridgehead atoms. The first-order valence-corrected chi connectivity index (χ1v) is 10.9. The summed E-state index contributed by atoms with van der Waals surface area (Å²) in [6.07, 6.45) is 5.20. The minimum Gasteiger partial charge on any atom is -0.465 e. The van der Waals surface area contributed by atoms with Gasteiger partial charge in [0.1, 0.15) is 5.75 Å². The number of thiazole rings is 1. The van der Waals surface area contributed by atoms with Crippen LogP contribution in [0.3, 0.4) is 0 Å². The molecule has 1 aliphatic rings. The number of allylic oxidation sites excluding steroid dienone is 2. The van der Waals surface area contributed by atoms with Crippen molar-refractivity contribution in [2.24, 2.45) is 5.92 Å². The monoisotopic (exact) mass is 451 g/mol. The van der Waals surface area contributed by atoms with Crippen LogP contribution in [0.2, 0.25) is 0 Å². The highest BCUT2D eigenvalue weighted by Gasteiger charge is 2.34. The molecule has 0 spiro atoms. The van der Waals surface area contributed by atoms with Gasteiger partial charge in [-0.3, -0.25) is 4.79 Å². The molecule has 2 atom stereocenters. The second kappa shape index (κ2) is 9.32. The van der Waals surface area contributed by atoms with E-state index in [0.29, 0.717) is 12.8 Å². The number of methoxy groups -OCH3 is 2. The summed E-state index contributed by atoms with van der Waals surface area (Å²) in [5, 5.41) is 0.885. The first-order valence-electron chi connectivity index (χ1n) is 10.0. The Morgan fingerprint density at radius 2 is 1.59 bits per heavy atom. The number of carbonyl (C=O) groups is 3. The summed E-state index contributed by atoms with van der Waals surface area (Å²) in [5.74, 6) is -2.23. The molecule has 0 saturated carbocycles. The van der Waals surface area contributed by atoms with Gasteiger partial charge in [0.2, 0.25) is 0 Å². The maximum absolute atomic E-state index is 13.2. The molecule has 0 fully saturated rings. The molecule has 4 rings (SSSR count). The molecule has 2 aromatic carbocycles. The Bertz CT molecular complexity index is 1150. The first kappa shape index (κ1) is 21.7. The number of benzene rings is 2. The van der Waals surface area contributed by atoms with Crippen molar-refractivity contribution in [2.75, 3.05) is 14.2 Å². The van der Waals surface area contributed by atoms with Gasteiger partial charge < -0.3 is 14.2 Å². The third-order valence-electron chi connectivity index (χ3n) is 5.33. The highest BCUT2D eigenvalue weighted by atomic mass is 32.1. The summed E-state index contributed by atoms with van der Waals surface area (Å²) in [6.45, 7) is 0. The van der Waals surface area contributed by atoms with Gasteiger partial charge >= 0.3 is 17.9 Å². The van der Waals surface area contributed by atoms with Crippen LogP contribution in [-0.4, -0.2) is 37.1 Å². The average Bonchev–Trinajstić information content (AvgIpc) is 3.27. The number of para-hydroxylation sites is 1. The van der Waals surface area contributed by atoms with Crippen molar-refractivity contribution in [1.82, 2.24) is 4.98 Å². The third-order valence-corrected chi connectivity index (χ3v) is 6.50. The van der Waals surface area contributed by atoms with Crippen LogP contribution in [-0.2, 0) is 14.3 Å². The fraction of sp³-hybridized carbons (Fsp3) is 0.250. The number of esters is 3. The Labute approximate surface area is 188 Å². The molecule has 0 saturated heterocycles. The van der Waals surface area contributed by atoms with Crippen LogP contribution in [0, 0.1) is 5.92 Å². The Morgan fingerprint density at radius 3 is 2.25 bits per heavy atom. The van der Waals surface area contributed by atoms with Crippen LogP contribution >= 0.6 is 11.3 Å². The van der Waals surface area contributed by atoms with Crippen molar-refractivity contribution in [3.63, 3.8) is 0 Å². The minimum atomic E-state index is -0.652. The Balaban J connectivity index is 1.62. The van der Waals surface area contributed by atoms with Gasteiger partial charge in [-0.05, 0) is 43.2 Å². The summed E-state index contributed by atoms with van der Waals surface area (Å²) in [7, 11) is 2.46. The minimum absolute atomic E-state index is 0.0795. The molecule has 1 heterocycles. The lowest BCUT2D eigenvalue weighted by Gasteiger charge is -2.25. The SMILES string of the molecule is COC(=O)c1cc(OC(=O)C2CC=CCC2c2nc3ccccc3s2)cc(C(=O)OC)c1. The van der Waals surface area contributed by atoms with Crippen LogP contribution in [0.15, 0.2) is 54.6 Å². The summed E-state index contributed by atoms with van der Waals surface area (Å²) in [5.41, 5.74) is 1.08. The number of nitrogens with zero attached hydrogens (tertiary/aromatic N) is 1. The van der Waals surface area contributed by atoms with Crippen LogP contribution in [0.5, 0.6) is 5.75 Å². The number of ether oxygens (including phenoxy) is 3. The van der Waals surface area contributed by atoms with Gasteiger partial charge in [-0.1, -0.05) is 24.3 Å². The summed E-state index contributed by atoms with van der Waals surface area (Å²) in [6, 6.07) is 11.9. The van der Waals surface area contributed by atoms with E-state index in [1.807, 2.05) is 36.4 Å². The van der Waals surface area contributed by atoms with Crippen molar-refractivity contribution in [1.29, 1.82) is 0 Å². The van der Waals surface area contributed by atoms with E-state index in [4.69, 9.17) is 19.2 Å². The van der Waals surface area contributed by atoms with E-state index >= 15 is 0 Å². The fourth-order valence-corrected chi connectivity index (χ4v) is 4.86. The second-order valence-corrected chi connectivity index (χ2v) is 8.39. The lowest BCUT2D eigenvalue weighted by molar-refractivity contribution is -0.139. The predicted molar refractivity (Wildman–Crippen MR) is 119 cm³/mol. The number of hydrogen-bond acceptors (Lipinski definition) is 8. The zero-order chi connectivity index (χ0) is 22.7. The van der Waals surface area contributed by atoms with E-state index in [0.717, 1.165) is 15.2 Å². The van der Waals surface area contributed by atoms with Crippen molar-refractivity contribution in [3.8, 4) is 5.75 Å². The molecular formula is C24H21NO6S. The molecule has 0 aliphatic heterocycles. The molecule has 32 heavy (non-hydrogen) atoms. The molecule has 1 aromatic heterocycles. The van der Waals surface area contributed by atoms with E-state index < -0.39 is 23.8 Å². The van der Waals surface area contributed by atoms with E-state index in [1.165, 1.54) is 32.4 Å². The van der Waals surface area contributed by atoms with Gasteiger partial charge in [-0.2, -0.15) is 0 Å². The fourth-order valence-electron chi connectivity index (χ4n) is 3.72. The number of aromatic nitrogens is 1. The van der Waals surface area contributed by atoms with Gasteiger partial charge in [0, 0.05) is 5.92 Å². The van der Waals surface area contributed by atoms with E-state index in [-0.39, 0.29) is 22.8 Å². The van der Waals surface area contributed by atoms with Crippen LogP contribution in [0.4, 0.5) is 0 Å². The van der Waals surface area contributed by atoms with Gasteiger partial charge in [0.25, 0.3) is 0 Å². The Kier molecular flexibility index (Phi) is 6.32. The zero-order valence-corrected chi connectivity index (χ0v) is 18.4. The van der Waals surface area contributed by atoms with Gasteiger partial charge in [-0.25, -0.2) is 14.6 Å². The number of fused-ring (bicyclic) bond motifs is 1. The van der Waals surface area contributed by atoms with Gasteiger partial charge in [0.15, 0.2) is 0 Å². The quantitative estimate of drug-likeness (QED) is 0.320. The molecule has 2 unspecified atom stereocenters. The van der Waals surface area contributed by atoms with Crippen molar-refractivity contribution in [2.45, 2.75) is 18.8 Å². The molecule has 0 amide bonds. The maximum Gasteiger partial charge on any atom is 0.338 e. The van der Waals surface area contributed by atoms with Crippen LogP contribution in [0.1, 0.15) is 44.5 Å². The molecule has 8 heteroatoms. The molecule has 7 nitrogen and oxygen atoms in total. The molecule has 3 aromatic rings.